The molecule has 0 N–H and O–H groups in total. The molecule has 0 nitrogen and oxygen atoms in total. The molecule has 11 heavy (non-hydrogen) atoms. The van der Waals surface area contributed by atoms with Crippen LogP contribution in [-0.4, -0.2) is 5.25 Å². The number of thiol groups is 1. The summed E-state index contributed by atoms with van der Waals surface area (Å²) in [5.74, 6) is 1.60. The monoisotopic (exact) mass is 174 g/mol. The second-order valence-electron chi connectivity index (χ2n) is 3.90. The predicted octanol–water partition coefficient (Wildman–Crippen LogP) is 3.77. The highest BCUT2D eigenvalue weighted by atomic mass is 32.1. The Labute approximate surface area is 77.2 Å². The molecule has 0 aromatic rings. The SMILES string of the molecule is CCC(C)CCC(S)C(C)C. The van der Waals surface area contributed by atoms with Gasteiger partial charge in [-0.05, 0) is 24.7 Å². The van der Waals surface area contributed by atoms with Gasteiger partial charge in [0.2, 0.25) is 0 Å². The summed E-state index contributed by atoms with van der Waals surface area (Å²) < 4.78 is 0. The van der Waals surface area contributed by atoms with E-state index in [1.54, 1.807) is 0 Å². The summed E-state index contributed by atoms with van der Waals surface area (Å²) in [6.45, 7) is 9.07. The van der Waals surface area contributed by atoms with E-state index in [4.69, 9.17) is 0 Å². The third-order valence-electron chi connectivity index (χ3n) is 2.42. The van der Waals surface area contributed by atoms with Crippen LogP contribution in [0.2, 0.25) is 0 Å². The number of hydrogen-bond acceptors (Lipinski definition) is 1. The molecule has 0 fully saturated rings. The average molecular weight is 174 g/mol. The van der Waals surface area contributed by atoms with Gasteiger partial charge in [-0.3, -0.25) is 0 Å². The van der Waals surface area contributed by atoms with Gasteiger partial charge in [-0.25, -0.2) is 0 Å². The van der Waals surface area contributed by atoms with Gasteiger partial charge in [-0.15, -0.1) is 0 Å². The minimum absolute atomic E-state index is 0.601. The van der Waals surface area contributed by atoms with Gasteiger partial charge in [0.05, 0.1) is 0 Å². The first-order valence-electron chi connectivity index (χ1n) is 4.76. The first-order valence-corrected chi connectivity index (χ1v) is 5.27. The van der Waals surface area contributed by atoms with Crippen molar-refractivity contribution >= 4 is 12.6 Å². The molecule has 0 saturated carbocycles. The third-order valence-corrected chi connectivity index (χ3v) is 3.28. The lowest BCUT2D eigenvalue weighted by atomic mass is 9.97. The Morgan fingerprint density at radius 1 is 1.09 bits per heavy atom. The standard InChI is InChI=1S/C10H22S/c1-5-9(4)6-7-10(11)8(2)3/h8-11H,5-7H2,1-4H3. The van der Waals surface area contributed by atoms with E-state index in [9.17, 15) is 0 Å². The fourth-order valence-electron chi connectivity index (χ4n) is 0.993. The van der Waals surface area contributed by atoms with Crippen LogP contribution in [-0.2, 0) is 0 Å². The van der Waals surface area contributed by atoms with E-state index < -0.39 is 0 Å². The van der Waals surface area contributed by atoms with E-state index in [-0.39, 0.29) is 0 Å². The summed E-state index contributed by atoms with van der Waals surface area (Å²) in [6, 6.07) is 0. The van der Waals surface area contributed by atoms with Crippen molar-refractivity contribution in [1.82, 2.24) is 0 Å². The fourth-order valence-corrected chi connectivity index (χ4v) is 1.14. The molecule has 0 aliphatic carbocycles. The highest BCUT2D eigenvalue weighted by Gasteiger charge is 2.09. The van der Waals surface area contributed by atoms with E-state index >= 15 is 0 Å². The van der Waals surface area contributed by atoms with Crippen molar-refractivity contribution in [2.45, 2.75) is 52.2 Å². The van der Waals surface area contributed by atoms with Crippen molar-refractivity contribution in [1.29, 1.82) is 0 Å². The Bertz CT molecular complexity index is 88.9. The van der Waals surface area contributed by atoms with Crippen molar-refractivity contribution in [2.75, 3.05) is 0 Å². The summed E-state index contributed by atoms with van der Waals surface area (Å²) in [7, 11) is 0. The van der Waals surface area contributed by atoms with E-state index in [1.165, 1.54) is 19.3 Å². The molecule has 2 atom stereocenters. The van der Waals surface area contributed by atoms with E-state index in [1.807, 2.05) is 0 Å². The molecule has 0 heterocycles. The molecule has 2 unspecified atom stereocenters. The normalized spacial score (nSPS) is 16.9. The molecule has 0 aromatic heterocycles. The van der Waals surface area contributed by atoms with Gasteiger partial charge in [-0.2, -0.15) is 12.6 Å². The van der Waals surface area contributed by atoms with Crippen LogP contribution in [0.4, 0.5) is 0 Å². The van der Waals surface area contributed by atoms with Crippen molar-refractivity contribution < 1.29 is 0 Å². The minimum atomic E-state index is 0.601. The number of hydrogen-bond donors (Lipinski definition) is 1. The van der Waals surface area contributed by atoms with Crippen LogP contribution in [0.1, 0.15) is 47.0 Å². The van der Waals surface area contributed by atoms with Gasteiger partial charge in [0, 0.05) is 5.25 Å². The summed E-state index contributed by atoms with van der Waals surface area (Å²) in [6.07, 6.45) is 3.91. The Kier molecular flexibility index (Phi) is 6.12. The first-order chi connectivity index (χ1) is 5.07. The minimum Gasteiger partial charge on any atom is -0.176 e. The van der Waals surface area contributed by atoms with Gasteiger partial charge in [-0.1, -0.05) is 34.1 Å². The lowest BCUT2D eigenvalue weighted by Gasteiger charge is -2.16. The molecular weight excluding hydrogens is 152 g/mol. The van der Waals surface area contributed by atoms with Crippen LogP contribution in [0.3, 0.4) is 0 Å². The van der Waals surface area contributed by atoms with Crippen molar-refractivity contribution in [2.24, 2.45) is 11.8 Å². The molecule has 0 saturated heterocycles. The molecule has 0 aliphatic heterocycles. The van der Waals surface area contributed by atoms with Crippen molar-refractivity contribution in [3.8, 4) is 0 Å². The van der Waals surface area contributed by atoms with Gasteiger partial charge in [0.25, 0.3) is 0 Å². The molecule has 0 bridgehead atoms. The maximum absolute atomic E-state index is 4.54. The summed E-state index contributed by atoms with van der Waals surface area (Å²) in [4.78, 5) is 0. The quantitative estimate of drug-likeness (QED) is 0.603. The second kappa shape index (κ2) is 5.93. The first kappa shape index (κ1) is 11.4. The second-order valence-corrected chi connectivity index (χ2v) is 4.57. The molecule has 0 amide bonds. The highest BCUT2D eigenvalue weighted by Crippen LogP contribution is 2.19. The maximum atomic E-state index is 4.54. The van der Waals surface area contributed by atoms with Gasteiger partial charge >= 0.3 is 0 Å². The predicted molar refractivity (Wildman–Crippen MR) is 56.3 cm³/mol. The van der Waals surface area contributed by atoms with E-state index in [0.717, 1.165) is 11.8 Å². The summed E-state index contributed by atoms with van der Waals surface area (Å²) in [5, 5.41) is 0.601. The van der Waals surface area contributed by atoms with Gasteiger partial charge in [0.15, 0.2) is 0 Å². The van der Waals surface area contributed by atoms with Crippen LogP contribution >= 0.6 is 12.6 Å². The Hall–Kier alpha value is 0.350. The molecule has 0 spiro atoms. The molecule has 0 radical (unpaired) electrons. The van der Waals surface area contributed by atoms with Crippen molar-refractivity contribution in [3.05, 3.63) is 0 Å². The highest BCUT2D eigenvalue weighted by molar-refractivity contribution is 7.81. The van der Waals surface area contributed by atoms with Crippen LogP contribution in [0, 0.1) is 11.8 Å². The average Bonchev–Trinajstić information content (AvgIpc) is 1.99. The molecule has 1 heteroatoms. The number of rotatable bonds is 5. The van der Waals surface area contributed by atoms with Gasteiger partial charge in [0.1, 0.15) is 0 Å². The fraction of sp³-hybridized carbons (Fsp3) is 1.00. The van der Waals surface area contributed by atoms with Crippen LogP contribution in [0.25, 0.3) is 0 Å². The maximum Gasteiger partial charge on any atom is 0.00399 e. The molecular formula is C10H22S. The Morgan fingerprint density at radius 3 is 2.00 bits per heavy atom. The Balaban J connectivity index is 3.37. The zero-order valence-corrected chi connectivity index (χ0v) is 9.20. The van der Waals surface area contributed by atoms with Crippen LogP contribution in [0.5, 0.6) is 0 Å². The third kappa shape index (κ3) is 5.60. The zero-order chi connectivity index (χ0) is 8.85. The zero-order valence-electron chi connectivity index (χ0n) is 8.30. The molecule has 0 aromatic carbocycles. The summed E-state index contributed by atoms with van der Waals surface area (Å²) in [5.41, 5.74) is 0. The molecule has 68 valence electrons. The van der Waals surface area contributed by atoms with E-state index in [0.29, 0.717) is 5.25 Å². The summed E-state index contributed by atoms with van der Waals surface area (Å²) >= 11 is 4.54. The lowest BCUT2D eigenvalue weighted by Crippen LogP contribution is -2.09. The topological polar surface area (TPSA) is 0 Å². The smallest absolute Gasteiger partial charge is 0.00399 e. The lowest BCUT2D eigenvalue weighted by molar-refractivity contribution is 0.459. The molecule has 0 rings (SSSR count). The Morgan fingerprint density at radius 2 is 1.64 bits per heavy atom. The largest absolute Gasteiger partial charge is 0.176 e. The van der Waals surface area contributed by atoms with Gasteiger partial charge < -0.3 is 0 Å². The van der Waals surface area contributed by atoms with E-state index in [2.05, 4.69) is 40.3 Å². The van der Waals surface area contributed by atoms with Crippen LogP contribution in [0.15, 0.2) is 0 Å². The van der Waals surface area contributed by atoms with Crippen molar-refractivity contribution in [3.63, 3.8) is 0 Å². The molecule has 0 aliphatic rings. The van der Waals surface area contributed by atoms with Crippen LogP contribution < -0.4 is 0 Å².